The van der Waals surface area contributed by atoms with Gasteiger partial charge in [0.1, 0.15) is 11.5 Å². The van der Waals surface area contributed by atoms with Crippen molar-refractivity contribution >= 4 is 39.0 Å². The molecule has 0 bridgehead atoms. The number of alkyl halides is 3. The molecule has 0 aliphatic rings. The molecule has 0 aliphatic carbocycles. The SMILES string of the molecule is CN(C)C(=S)Oc1ccc2cnsc2c1-c1ccc(OC(F)(F)F)cc1. The summed E-state index contributed by atoms with van der Waals surface area (Å²) in [4.78, 5) is 1.65. The molecule has 0 saturated heterocycles. The number of aromatic nitrogens is 1. The molecule has 0 fully saturated rings. The molecule has 26 heavy (non-hydrogen) atoms. The minimum atomic E-state index is -4.73. The van der Waals surface area contributed by atoms with E-state index in [4.69, 9.17) is 17.0 Å². The lowest BCUT2D eigenvalue weighted by molar-refractivity contribution is -0.274. The van der Waals surface area contributed by atoms with Crippen molar-refractivity contribution in [3.63, 3.8) is 0 Å². The molecule has 3 rings (SSSR count). The van der Waals surface area contributed by atoms with E-state index < -0.39 is 6.36 Å². The van der Waals surface area contributed by atoms with Crippen LogP contribution in [0.25, 0.3) is 21.2 Å². The zero-order valence-corrected chi connectivity index (χ0v) is 15.3. The molecule has 2 aromatic carbocycles. The van der Waals surface area contributed by atoms with Gasteiger partial charge >= 0.3 is 6.36 Å². The van der Waals surface area contributed by atoms with Gasteiger partial charge in [-0.2, -0.15) is 4.37 Å². The fourth-order valence-electron chi connectivity index (χ4n) is 2.28. The predicted molar refractivity (Wildman–Crippen MR) is 98.7 cm³/mol. The highest BCUT2D eigenvalue weighted by molar-refractivity contribution is 7.80. The molecule has 0 aliphatic heterocycles. The summed E-state index contributed by atoms with van der Waals surface area (Å²) in [5, 5.41) is 1.18. The number of hydrogen-bond acceptors (Lipinski definition) is 5. The average Bonchev–Trinajstić information content (AvgIpc) is 3.02. The zero-order valence-electron chi connectivity index (χ0n) is 13.7. The van der Waals surface area contributed by atoms with E-state index in [2.05, 4.69) is 9.11 Å². The number of fused-ring (bicyclic) bond motifs is 1. The zero-order chi connectivity index (χ0) is 18.9. The van der Waals surface area contributed by atoms with Crippen molar-refractivity contribution in [1.29, 1.82) is 0 Å². The van der Waals surface area contributed by atoms with Crippen molar-refractivity contribution in [3.05, 3.63) is 42.6 Å². The van der Waals surface area contributed by atoms with Gasteiger partial charge in [0.2, 0.25) is 0 Å². The molecule has 0 saturated carbocycles. The van der Waals surface area contributed by atoms with Gasteiger partial charge < -0.3 is 14.4 Å². The Bertz CT molecular complexity index is 937. The summed E-state index contributed by atoms with van der Waals surface area (Å²) in [6, 6.07) is 9.23. The maximum atomic E-state index is 12.3. The van der Waals surface area contributed by atoms with E-state index >= 15 is 0 Å². The largest absolute Gasteiger partial charge is 0.573 e. The van der Waals surface area contributed by atoms with Gasteiger partial charge in [0, 0.05) is 31.2 Å². The Morgan fingerprint density at radius 2 is 1.81 bits per heavy atom. The van der Waals surface area contributed by atoms with Gasteiger partial charge in [-0.15, -0.1) is 13.2 Å². The van der Waals surface area contributed by atoms with Gasteiger partial charge in [-0.05, 0) is 53.6 Å². The maximum absolute atomic E-state index is 12.3. The minimum Gasteiger partial charge on any atom is -0.431 e. The summed E-state index contributed by atoms with van der Waals surface area (Å²) >= 11 is 6.47. The highest BCUT2D eigenvalue weighted by atomic mass is 32.1. The van der Waals surface area contributed by atoms with Gasteiger partial charge in [-0.1, -0.05) is 12.1 Å². The monoisotopic (exact) mass is 398 g/mol. The number of nitrogens with zero attached hydrogens (tertiary/aromatic N) is 2. The van der Waals surface area contributed by atoms with E-state index in [9.17, 15) is 13.2 Å². The number of benzene rings is 2. The molecule has 4 nitrogen and oxygen atoms in total. The van der Waals surface area contributed by atoms with Crippen LogP contribution in [0, 0.1) is 0 Å². The first kappa shape index (κ1) is 18.4. The van der Waals surface area contributed by atoms with Crippen molar-refractivity contribution in [2.24, 2.45) is 0 Å². The van der Waals surface area contributed by atoms with Crippen molar-refractivity contribution in [2.75, 3.05) is 14.1 Å². The second kappa shape index (κ2) is 7.08. The van der Waals surface area contributed by atoms with Crippen LogP contribution in [0.3, 0.4) is 0 Å². The number of ether oxygens (including phenoxy) is 2. The van der Waals surface area contributed by atoms with E-state index in [0.717, 1.165) is 10.1 Å². The fourth-order valence-corrected chi connectivity index (χ4v) is 3.18. The van der Waals surface area contributed by atoms with Gasteiger partial charge in [-0.3, -0.25) is 0 Å². The molecule has 1 heterocycles. The summed E-state index contributed by atoms with van der Waals surface area (Å²) < 4.78 is 51.8. The lowest BCUT2D eigenvalue weighted by atomic mass is 10.0. The molecule has 9 heteroatoms. The van der Waals surface area contributed by atoms with Crippen molar-refractivity contribution in [2.45, 2.75) is 6.36 Å². The van der Waals surface area contributed by atoms with Crippen LogP contribution in [-0.2, 0) is 0 Å². The minimum absolute atomic E-state index is 0.271. The van der Waals surface area contributed by atoms with Crippen LogP contribution in [0.4, 0.5) is 13.2 Å². The number of rotatable bonds is 3. The molecular weight excluding hydrogens is 385 g/mol. The molecular formula is C17H13F3N2O2S2. The summed E-state index contributed by atoms with van der Waals surface area (Å²) in [6.07, 6.45) is -3.01. The standard InChI is InChI=1S/C17H13F3N2O2S2/c1-22(2)16(25)23-13-8-5-11-9-21-26-15(11)14(13)10-3-6-12(7-4-10)24-17(18,19)20/h3-9H,1-2H3. The Morgan fingerprint density at radius 1 is 1.12 bits per heavy atom. The molecule has 136 valence electrons. The summed E-state index contributed by atoms with van der Waals surface area (Å²) in [7, 11) is 3.52. The molecule has 0 spiro atoms. The quantitative estimate of drug-likeness (QED) is 0.575. The predicted octanol–water partition coefficient (Wildman–Crippen LogP) is 5.09. The lowest BCUT2D eigenvalue weighted by Gasteiger charge is -2.17. The molecule has 0 amide bonds. The van der Waals surface area contributed by atoms with E-state index in [-0.39, 0.29) is 10.9 Å². The van der Waals surface area contributed by atoms with Crippen LogP contribution in [0.1, 0.15) is 0 Å². The van der Waals surface area contributed by atoms with Crippen LogP contribution in [0.15, 0.2) is 42.6 Å². The second-order valence-electron chi connectivity index (χ2n) is 5.52. The smallest absolute Gasteiger partial charge is 0.431 e. The summed E-state index contributed by atoms with van der Waals surface area (Å²) in [5.41, 5.74) is 1.39. The molecule has 0 atom stereocenters. The number of hydrogen-bond donors (Lipinski definition) is 0. The van der Waals surface area contributed by atoms with Gasteiger partial charge in [-0.25, -0.2) is 0 Å². The van der Waals surface area contributed by atoms with Crippen LogP contribution in [0.2, 0.25) is 0 Å². The molecule has 0 radical (unpaired) electrons. The highest BCUT2D eigenvalue weighted by Gasteiger charge is 2.31. The lowest BCUT2D eigenvalue weighted by Crippen LogP contribution is -2.25. The fraction of sp³-hybridized carbons (Fsp3) is 0.176. The van der Waals surface area contributed by atoms with Crippen LogP contribution in [0.5, 0.6) is 11.5 Å². The Morgan fingerprint density at radius 3 is 2.42 bits per heavy atom. The molecule has 0 N–H and O–H groups in total. The summed E-state index contributed by atoms with van der Waals surface area (Å²) in [5.74, 6) is 0.217. The molecule has 1 aromatic heterocycles. The third kappa shape index (κ3) is 4.05. The van der Waals surface area contributed by atoms with Crippen LogP contribution >= 0.6 is 23.8 Å². The third-order valence-electron chi connectivity index (χ3n) is 3.42. The van der Waals surface area contributed by atoms with Gasteiger partial charge in [0.05, 0.1) is 4.70 Å². The number of halogens is 3. The highest BCUT2D eigenvalue weighted by Crippen LogP contribution is 2.40. The van der Waals surface area contributed by atoms with Crippen molar-refractivity contribution < 1.29 is 22.6 Å². The second-order valence-corrected chi connectivity index (χ2v) is 6.67. The number of thiocarbonyl (C=S) groups is 1. The Balaban J connectivity index is 2.04. The first-order chi connectivity index (χ1) is 12.2. The topological polar surface area (TPSA) is 34.6 Å². The Kier molecular flexibility index (Phi) is 5.01. The van der Waals surface area contributed by atoms with Crippen molar-refractivity contribution in [1.82, 2.24) is 9.27 Å². The van der Waals surface area contributed by atoms with E-state index in [1.165, 1.54) is 23.7 Å². The van der Waals surface area contributed by atoms with E-state index in [1.54, 1.807) is 43.4 Å². The van der Waals surface area contributed by atoms with Crippen LogP contribution in [-0.4, -0.2) is 34.9 Å². The first-order valence-corrected chi connectivity index (χ1v) is 8.55. The Hall–Kier alpha value is -2.39. The first-order valence-electron chi connectivity index (χ1n) is 7.37. The van der Waals surface area contributed by atoms with E-state index in [1.807, 2.05) is 6.07 Å². The normalized spacial score (nSPS) is 11.4. The third-order valence-corrected chi connectivity index (χ3v) is 4.71. The average molecular weight is 398 g/mol. The van der Waals surface area contributed by atoms with Gasteiger partial charge in [0.15, 0.2) is 0 Å². The molecule has 0 unspecified atom stereocenters. The van der Waals surface area contributed by atoms with Crippen LogP contribution < -0.4 is 9.47 Å². The molecule has 3 aromatic rings. The van der Waals surface area contributed by atoms with Gasteiger partial charge in [0.25, 0.3) is 5.17 Å². The Labute approximate surface area is 156 Å². The van der Waals surface area contributed by atoms with Crippen molar-refractivity contribution in [3.8, 4) is 22.6 Å². The summed E-state index contributed by atoms with van der Waals surface area (Å²) in [6.45, 7) is 0. The van der Waals surface area contributed by atoms with E-state index in [0.29, 0.717) is 16.9 Å². The maximum Gasteiger partial charge on any atom is 0.573 e.